The lowest BCUT2D eigenvalue weighted by atomic mass is 10.0. The number of thioether (sulfide) groups is 1. The van der Waals surface area contributed by atoms with Crippen LogP contribution >= 0.6 is 11.8 Å². The van der Waals surface area contributed by atoms with Crippen LogP contribution in [-0.4, -0.2) is 31.5 Å². The van der Waals surface area contributed by atoms with Gasteiger partial charge in [-0.2, -0.15) is 9.61 Å². The molecule has 0 aliphatic heterocycles. The third-order valence-electron chi connectivity index (χ3n) is 5.52. The number of anilines is 1. The lowest BCUT2D eigenvalue weighted by Gasteiger charge is -2.09. The van der Waals surface area contributed by atoms with Gasteiger partial charge in [0.05, 0.1) is 11.4 Å². The van der Waals surface area contributed by atoms with E-state index in [4.69, 9.17) is 5.10 Å². The van der Waals surface area contributed by atoms with Crippen molar-refractivity contribution in [3.05, 3.63) is 96.1 Å². The van der Waals surface area contributed by atoms with Crippen LogP contribution in [-0.2, 0) is 4.79 Å². The second kappa shape index (κ2) is 9.49. The maximum Gasteiger partial charge on any atom is 0.234 e. The number of carbonyl (C=O) groups excluding carboxylic acids is 1. The number of nitrogens with zero attached hydrogens (tertiary/aromatic N) is 4. The van der Waals surface area contributed by atoms with E-state index >= 15 is 0 Å². The minimum atomic E-state index is -0.0943. The van der Waals surface area contributed by atoms with Crippen molar-refractivity contribution in [3.63, 3.8) is 0 Å². The number of aryl methyl sites for hydroxylation is 2. The molecule has 6 nitrogen and oxygen atoms in total. The Morgan fingerprint density at radius 1 is 0.853 bits per heavy atom. The topological polar surface area (TPSA) is 72.2 Å². The molecule has 2 heterocycles. The van der Waals surface area contributed by atoms with Gasteiger partial charge in [-0.1, -0.05) is 78.5 Å². The van der Waals surface area contributed by atoms with E-state index in [1.165, 1.54) is 17.3 Å². The Hall–Kier alpha value is -3.97. The molecule has 0 unspecified atom stereocenters. The molecule has 2 aromatic heterocycles. The average molecular weight is 466 g/mol. The zero-order chi connectivity index (χ0) is 23.5. The first-order chi connectivity index (χ1) is 16.6. The number of hydrogen-bond acceptors (Lipinski definition) is 5. The molecule has 5 rings (SSSR count). The summed E-state index contributed by atoms with van der Waals surface area (Å²) in [4.78, 5) is 12.5. The minimum absolute atomic E-state index is 0.0943. The summed E-state index contributed by atoms with van der Waals surface area (Å²) < 4.78 is 1.69. The maximum absolute atomic E-state index is 12.5. The van der Waals surface area contributed by atoms with Gasteiger partial charge >= 0.3 is 0 Å². The van der Waals surface area contributed by atoms with Crippen LogP contribution in [0.2, 0.25) is 0 Å². The van der Waals surface area contributed by atoms with Crippen molar-refractivity contribution < 1.29 is 4.79 Å². The van der Waals surface area contributed by atoms with Gasteiger partial charge < -0.3 is 5.32 Å². The summed E-state index contributed by atoms with van der Waals surface area (Å²) in [6.07, 6.45) is 0. The summed E-state index contributed by atoms with van der Waals surface area (Å²) >= 11 is 1.31. The smallest absolute Gasteiger partial charge is 0.234 e. The number of benzene rings is 3. The standard InChI is InChI=1S/C27H23N5OS/c1-18-8-9-19(2)24(16-18)28-26(33)17-34-27-30-29-25-15-14-23(31-32(25)27)22-12-10-21(11-13-22)20-6-4-3-5-7-20/h3-16H,17H2,1-2H3,(H,28,33). The Kier molecular flexibility index (Phi) is 6.10. The lowest BCUT2D eigenvalue weighted by molar-refractivity contribution is -0.113. The first-order valence-corrected chi connectivity index (χ1v) is 11.9. The predicted molar refractivity (Wildman–Crippen MR) is 137 cm³/mol. The SMILES string of the molecule is Cc1ccc(C)c(NC(=O)CSc2nnc3ccc(-c4ccc(-c5ccccc5)cc4)nn23)c1. The van der Waals surface area contributed by atoms with E-state index in [0.717, 1.165) is 33.6 Å². The highest BCUT2D eigenvalue weighted by atomic mass is 32.2. The normalized spacial score (nSPS) is 11.0. The molecule has 0 fully saturated rings. The van der Waals surface area contributed by atoms with Crippen molar-refractivity contribution in [2.45, 2.75) is 19.0 Å². The van der Waals surface area contributed by atoms with Crippen molar-refractivity contribution in [2.75, 3.05) is 11.1 Å². The van der Waals surface area contributed by atoms with Crippen LogP contribution in [0.25, 0.3) is 28.0 Å². The third-order valence-corrected chi connectivity index (χ3v) is 6.44. The van der Waals surface area contributed by atoms with Crippen LogP contribution in [0, 0.1) is 13.8 Å². The van der Waals surface area contributed by atoms with E-state index in [9.17, 15) is 4.79 Å². The molecule has 0 radical (unpaired) electrons. The summed E-state index contributed by atoms with van der Waals surface area (Å²) in [6.45, 7) is 3.98. The molecule has 0 saturated carbocycles. The average Bonchev–Trinajstić information content (AvgIpc) is 3.28. The molecule has 3 aromatic carbocycles. The van der Waals surface area contributed by atoms with Crippen LogP contribution in [0.15, 0.2) is 90.1 Å². The second-order valence-electron chi connectivity index (χ2n) is 8.07. The van der Waals surface area contributed by atoms with Gasteiger partial charge in [0, 0.05) is 11.3 Å². The van der Waals surface area contributed by atoms with E-state index in [1.807, 2.05) is 62.4 Å². The van der Waals surface area contributed by atoms with Gasteiger partial charge in [-0.15, -0.1) is 10.2 Å². The molecule has 5 aromatic rings. The van der Waals surface area contributed by atoms with Crippen LogP contribution in [0.5, 0.6) is 0 Å². The van der Waals surface area contributed by atoms with E-state index in [-0.39, 0.29) is 11.7 Å². The molecule has 1 amide bonds. The summed E-state index contributed by atoms with van der Waals surface area (Å²) in [5.41, 5.74) is 7.74. The lowest BCUT2D eigenvalue weighted by Crippen LogP contribution is -2.15. The largest absolute Gasteiger partial charge is 0.325 e. The van der Waals surface area contributed by atoms with Gasteiger partial charge in [0.1, 0.15) is 0 Å². The number of nitrogens with one attached hydrogen (secondary N) is 1. The Labute approximate surface area is 202 Å². The van der Waals surface area contributed by atoms with Crippen LogP contribution in [0.3, 0.4) is 0 Å². The molecule has 7 heteroatoms. The van der Waals surface area contributed by atoms with Crippen LogP contribution in [0.4, 0.5) is 5.69 Å². The first kappa shape index (κ1) is 21.9. The van der Waals surface area contributed by atoms with E-state index in [1.54, 1.807) is 4.52 Å². The Morgan fingerprint density at radius 2 is 1.59 bits per heavy atom. The van der Waals surface area contributed by atoms with Gasteiger partial charge in [-0.25, -0.2) is 0 Å². The zero-order valence-electron chi connectivity index (χ0n) is 18.9. The third kappa shape index (κ3) is 4.70. The fourth-order valence-corrected chi connectivity index (χ4v) is 4.35. The molecule has 0 spiro atoms. The fraction of sp³-hybridized carbons (Fsp3) is 0.111. The molecule has 0 saturated heterocycles. The quantitative estimate of drug-likeness (QED) is 0.321. The van der Waals surface area contributed by atoms with Crippen LogP contribution in [0.1, 0.15) is 11.1 Å². The molecule has 34 heavy (non-hydrogen) atoms. The van der Waals surface area contributed by atoms with Crippen molar-refractivity contribution >= 4 is 29.0 Å². The molecule has 168 valence electrons. The zero-order valence-corrected chi connectivity index (χ0v) is 19.7. The maximum atomic E-state index is 12.5. The summed E-state index contributed by atoms with van der Waals surface area (Å²) in [5, 5.41) is 16.7. The molecule has 1 N–H and O–H groups in total. The van der Waals surface area contributed by atoms with E-state index in [0.29, 0.717) is 10.8 Å². The van der Waals surface area contributed by atoms with Gasteiger partial charge in [-0.3, -0.25) is 4.79 Å². The summed E-state index contributed by atoms with van der Waals surface area (Å²) in [7, 11) is 0. The van der Waals surface area contributed by atoms with Crippen molar-refractivity contribution in [2.24, 2.45) is 0 Å². The fourth-order valence-electron chi connectivity index (χ4n) is 3.66. The number of rotatable bonds is 6. The van der Waals surface area contributed by atoms with Gasteiger partial charge in [0.2, 0.25) is 11.1 Å². The van der Waals surface area contributed by atoms with Crippen LogP contribution < -0.4 is 5.32 Å². The molecule has 0 bridgehead atoms. The highest BCUT2D eigenvalue weighted by molar-refractivity contribution is 7.99. The highest BCUT2D eigenvalue weighted by Gasteiger charge is 2.13. The Bertz CT molecular complexity index is 1460. The van der Waals surface area contributed by atoms with E-state index in [2.05, 4.69) is 51.9 Å². The second-order valence-corrected chi connectivity index (χ2v) is 9.01. The monoisotopic (exact) mass is 465 g/mol. The minimum Gasteiger partial charge on any atom is -0.325 e. The number of carbonyl (C=O) groups is 1. The molecule has 0 aliphatic rings. The van der Waals surface area contributed by atoms with Gasteiger partial charge in [0.15, 0.2) is 5.65 Å². The molecular weight excluding hydrogens is 442 g/mol. The highest BCUT2D eigenvalue weighted by Crippen LogP contribution is 2.25. The Morgan fingerprint density at radius 3 is 2.38 bits per heavy atom. The Balaban J connectivity index is 1.32. The number of fused-ring (bicyclic) bond motifs is 1. The summed E-state index contributed by atoms with van der Waals surface area (Å²) in [6, 6.07) is 28.4. The molecule has 0 aliphatic carbocycles. The van der Waals surface area contributed by atoms with E-state index < -0.39 is 0 Å². The van der Waals surface area contributed by atoms with Crippen molar-refractivity contribution in [1.29, 1.82) is 0 Å². The summed E-state index contributed by atoms with van der Waals surface area (Å²) in [5.74, 6) is 0.120. The number of hydrogen-bond donors (Lipinski definition) is 1. The van der Waals surface area contributed by atoms with Crippen molar-refractivity contribution in [3.8, 4) is 22.4 Å². The predicted octanol–water partition coefficient (Wildman–Crippen LogP) is 5.81. The molecule has 0 atom stereocenters. The van der Waals surface area contributed by atoms with Gasteiger partial charge in [0.25, 0.3) is 0 Å². The molecular formula is C27H23N5OS. The van der Waals surface area contributed by atoms with Gasteiger partial charge in [-0.05, 0) is 54.3 Å². The number of aromatic nitrogens is 4. The number of amides is 1. The first-order valence-electron chi connectivity index (χ1n) is 10.9. The van der Waals surface area contributed by atoms with Crippen molar-refractivity contribution in [1.82, 2.24) is 19.8 Å².